The molecule has 0 aromatic heterocycles. The minimum absolute atomic E-state index is 0.0258. The largest absolute Gasteiger partial charge is 0.472 e. The van der Waals surface area contributed by atoms with Crippen molar-refractivity contribution in [2.45, 2.75) is 290 Å². The molecule has 0 spiro atoms. The van der Waals surface area contributed by atoms with Crippen LogP contribution in [0.2, 0.25) is 0 Å². The Balaban J connectivity index is 4.07. The fourth-order valence-corrected chi connectivity index (χ4v) is 10.1. The van der Waals surface area contributed by atoms with Crippen molar-refractivity contribution < 1.29 is 42.1 Å². The molecule has 0 aromatic carbocycles. The van der Waals surface area contributed by atoms with Gasteiger partial charge in [-0.15, -0.1) is 0 Å². The van der Waals surface area contributed by atoms with Crippen molar-refractivity contribution in [3.05, 3.63) is 134 Å². The third-order valence-electron chi connectivity index (χ3n) is 14.7. The van der Waals surface area contributed by atoms with E-state index in [0.29, 0.717) is 17.4 Å². The maximum Gasteiger partial charge on any atom is 0.472 e. The zero-order valence-corrected chi connectivity index (χ0v) is 56.9. The molecular weight excluding hydrogens is 1090 g/mol. The van der Waals surface area contributed by atoms with Crippen molar-refractivity contribution in [2.75, 3.05) is 47.5 Å². The lowest BCUT2D eigenvalue weighted by atomic mass is 10.0. The predicted octanol–water partition coefficient (Wildman–Crippen LogP) is 22.8. The number of nitrogens with zero attached hydrogens (tertiary/aromatic N) is 1. The van der Waals surface area contributed by atoms with Gasteiger partial charge in [-0.3, -0.25) is 18.6 Å². The van der Waals surface area contributed by atoms with Crippen LogP contribution in [0.4, 0.5) is 0 Å². The fraction of sp³-hybridized carbons (Fsp3) is 0.684. The molecule has 2 unspecified atom stereocenters. The van der Waals surface area contributed by atoms with Gasteiger partial charge < -0.3 is 18.9 Å². The molecule has 0 radical (unpaired) electrons. The summed E-state index contributed by atoms with van der Waals surface area (Å²) in [7, 11) is 1.47. The molecule has 10 heteroatoms. The number of unbranched alkanes of at least 4 members (excludes halogenated alkanes) is 27. The number of phosphoric acid groups is 1. The summed E-state index contributed by atoms with van der Waals surface area (Å²) >= 11 is 0. The standard InChI is InChI=1S/C76H130NO8P/c1-6-8-10-12-14-16-18-20-22-24-26-28-30-32-34-36-37-38-39-41-42-44-46-48-50-52-54-56-58-60-62-64-66-68-75(78)82-72-74(73-84-86(80,81)83-71-70-77(3,4)5)85-76(79)69-67-65-63-61-59-57-55-53-51-49-47-45-43-40-35-33-31-29-27-25-23-21-19-17-15-13-11-9-7-2/h8-11,14-17,20-23,26-29,32-35,43,45,74H,6-7,12-13,18-19,24-25,30-31,36-42,44,46-73H2,1-5H3/p+1/b10-8-,11-9-,16-14-,17-15-,22-20-,23-21-,28-26-,29-27-,34-32-,35-33-,45-43-. The molecule has 0 saturated carbocycles. The maximum absolute atomic E-state index is 12.9. The van der Waals surface area contributed by atoms with Crippen molar-refractivity contribution in [1.29, 1.82) is 0 Å². The van der Waals surface area contributed by atoms with Crippen LogP contribution in [0.1, 0.15) is 284 Å². The van der Waals surface area contributed by atoms with Gasteiger partial charge in [0.25, 0.3) is 0 Å². The van der Waals surface area contributed by atoms with Crippen molar-refractivity contribution in [3.8, 4) is 0 Å². The van der Waals surface area contributed by atoms with E-state index in [1.807, 2.05) is 21.1 Å². The number of carbonyl (C=O) groups is 2. The van der Waals surface area contributed by atoms with Crippen LogP contribution in [0.15, 0.2) is 134 Å². The van der Waals surface area contributed by atoms with E-state index in [1.165, 1.54) is 135 Å². The van der Waals surface area contributed by atoms with Gasteiger partial charge in [0, 0.05) is 12.8 Å². The minimum atomic E-state index is -4.40. The first-order valence-electron chi connectivity index (χ1n) is 34.9. The van der Waals surface area contributed by atoms with Gasteiger partial charge in [-0.1, -0.05) is 295 Å². The molecule has 9 nitrogen and oxygen atoms in total. The van der Waals surface area contributed by atoms with E-state index in [9.17, 15) is 19.0 Å². The van der Waals surface area contributed by atoms with Gasteiger partial charge in [0.15, 0.2) is 6.10 Å². The highest BCUT2D eigenvalue weighted by Crippen LogP contribution is 2.43. The molecule has 0 aliphatic carbocycles. The van der Waals surface area contributed by atoms with Gasteiger partial charge in [0.05, 0.1) is 27.7 Å². The van der Waals surface area contributed by atoms with Gasteiger partial charge in [0.2, 0.25) is 0 Å². The highest BCUT2D eigenvalue weighted by molar-refractivity contribution is 7.47. The Hall–Kier alpha value is -3.85. The minimum Gasteiger partial charge on any atom is -0.462 e. The third kappa shape index (κ3) is 69.3. The smallest absolute Gasteiger partial charge is 0.462 e. The SMILES string of the molecule is CC/C=C\C/C=C\C/C=C\C/C=C\C/C=C\C/C=C\CCCCCCCCCCCCC(=O)OC(COC(=O)CCCCCCCCCCCCCCCCCCC/C=C\C/C=C\C/C=C\C/C=C\C/C=C\CC)COP(=O)(O)OCC[N+](C)(C)C. The lowest BCUT2D eigenvalue weighted by molar-refractivity contribution is -0.870. The quantitative estimate of drug-likeness (QED) is 0.0211. The summed E-state index contributed by atoms with van der Waals surface area (Å²) in [5.41, 5.74) is 0. The van der Waals surface area contributed by atoms with E-state index in [2.05, 4.69) is 148 Å². The normalized spacial score (nSPS) is 14.0. The van der Waals surface area contributed by atoms with Crippen LogP contribution in [-0.2, 0) is 32.7 Å². The first-order chi connectivity index (χ1) is 42.0. The molecule has 0 heterocycles. The number of hydrogen-bond donors (Lipinski definition) is 1. The molecular formula is C76H131NO8P+. The van der Waals surface area contributed by atoms with Gasteiger partial charge in [0.1, 0.15) is 19.8 Å². The molecule has 86 heavy (non-hydrogen) atoms. The van der Waals surface area contributed by atoms with Crippen molar-refractivity contribution in [3.63, 3.8) is 0 Å². The molecule has 0 bridgehead atoms. The monoisotopic (exact) mass is 1220 g/mol. The van der Waals surface area contributed by atoms with E-state index in [1.54, 1.807) is 0 Å². The van der Waals surface area contributed by atoms with Gasteiger partial charge >= 0.3 is 19.8 Å². The summed E-state index contributed by atoms with van der Waals surface area (Å²) in [6, 6.07) is 0. The van der Waals surface area contributed by atoms with E-state index in [4.69, 9.17) is 18.5 Å². The Kier molecular flexibility index (Phi) is 62.7. The van der Waals surface area contributed by atoms with Crippen LogP contribution >= 0.6 is 7.82 Å². The number of rotatable bonds is 63. The molecule has 0 aliphatic rings. The second-order valence-corrected chi connectivity index (χ2v) is 25.6. The third-order valence-corrected chi connectivity index (χ3v) is 15.7. The van der Waals surface area contributed by atoms with Crippen LogP contribution in [0.25, 0.3) is 0 Å². The summed E-state index contributed by atoms with van der Waals surface area (Å²) < 4.78 is 34.7. The first-order valence-corrected chi connectivity index (χ1v) is 36.4. The number of likely N-dealkylation sites (N-methyl/N-ethyl adjacent to an activating group) is 1. The highest BCUT2D eigenvalue weighted by Gasteiger charge is 2.27. The first kappa shape index (κ1) is 82.1. The number of ether oxygens (including phenoxy) is 2. The zero-order chi connectivity index (χ0) is 62.6. The number of carbonyl (C=O) groups excluding carboxylic acids is 2. The van der Waals surface area contributed by atoms with Crippen LogP contribution in [-0.4, -0.2) is 74.9 Å². The molecule has 1 N–H and O–H groups in total. The number of allylic oxidation sites excluding steroid dienone is 22. The summed E-state index contributed by atoms with van der Waals surface area (Å²) in [4.78, 5) is 35.9. The predicted molar refractivity (Wildman–Crippen MR) is 371 cm³/mol. The molecule has 0 aromatic rings. The van der Waals surface area contributed by atoms with Gasteiger partial charge in [-0.05, 0) is 109 Å². The maximum atomic E-state index is 12.9. The van der Waals surface area contributed by atoms with E-state index in [-0.39, 0.29) is 32.0 Å². The molecule has 0 fully saturated rings. The fourth-order valence-electron chi connectivity index (χ4n) is 9.40. The Morgan fingerprint density at radius 1 is 0.360 bits per heavy atom. The topological polar surface area (TPSA) is 108 Å². The van der Waals surface area contributed by atoms with Gasteiger partial charge in [-0.2, -0.15) is 0 Å². The number of quaternary nitrogens is 1. The second-order valence-electron chi connectivity index (χ2n) is 24.2. The lowest BCUT2D eigenvalue weighted by Crippen LogP contribution is -2.37. The lowest BCUT2D eigenvalue weighted by Gasteiger charge is -2.24. The summed E-state index contributed by atoms with van der Waals surface area (Å²) in [6.07, 6.45) is 95.5. The Morgan fingerprint density at radius 3 is 0.930 bits per heavy atom. The molecule has 0 aliphatic heterocycles. The zero-order valence-electron chi connectivity index (χ0n) is 56.0. The molecule has 0 rings (SSSR count). The van der Waals surface area contributed by atoms with E-state index in [0.717, 1.165) is 116 Å². The summed E-state index contributed by atoms with van der Waals surface area (Å²) in [5.74, 6) is -0.801. The molecule has 0 amide bonds. The summed E-state index contributed by atoms with van der Waals surface area (Å²) in [6.45, 7) is 4.21. The molecule has 492 valence electrons. The van der Waals surface area contributed by atoms with Crippen LogP contribution in [0.5, 0.6) is 0 Å². The number of phosphoric ester groups is 1. The highest BCUT2D eigenvalue weighted by atomic mass is 31.2. The number of esters is 2. The Bertz CT molecular complexity index is 1910. The van der Waals surface area contributed by atoms with Crippen LogP contribution in [0, 0.1) is 0 Å². The average Bonchev–Trinajstić information content (AvgIpc) is 3.67. The Labute approximate surface area is 530 Å². The van der Waals surface area contributed by atoms with E-state index < -0.39 is 26.5 Å². The second kappa shape index (κ2) is 65.6. The summed E-state index contributed by atoms with van der Waals surface area (Å²) in [5, 5.41) is 0. The molecule has 0 saturated heterocycles. The van der Waals surface area contributed by atoms with Crippen molar-refractivity contribution in [1.82, 2.24) is 0 Å². The molecule has 2 atom stereocenters. The van der Waals surface area contributed by atoms with Crippen LogP contribution in [0.3, 0.4) is 0 Å². The number of hydrogen-bond acceptors (Lipinski definition) is 7. The average molecular weight is 1220 g/mol. The van der Waals surface area contributed by atoms with E-state index >= 15 is 0 Å². The van der Waals surface area contributed by atoms with Crippen molar-refractivity contribution in [2.24, 2.45) is 0 Å². The Morgan fingerprint density at radius 2 is 0.628 bits per heavy atom. The van der Waals surface area contributed by atoms with Crippen LogP contribution < -0.4 is 0 Å². The van der Waals surface area contributed by atoms with Crippen molar-refractivity contribution >= 4 is 19.8 Å². The van der Waals surface area contributed by atoms with Gasteiger partial charge in [-0.25, -0.2) is 4.57 Å².